The van der Waals surface area contributed by atoms with Gasteiger partial charge in [-0.1, -0.05) is 12.7 Å². The predicted octanol–water partition coefficient (Wildman–Crippen LogP) is 0.860. The molecule has 0 aliphatic heterocycles. The molecule has 0 amide bonds. The van der Waals surface area contributed by atoms with Crippen molar-refractivity contribution in [2.75, 3.05) is 6.16 Å². The second-order valence-electron chi connectivity index (χ2n) is 3.10. The molecule has 1 unspecified atom stereocenters. The number of aliphatic hydroxyl groups is 2. The van der Waals surface area contributed by atoms with Gasteiger partial charge in [-0.25, -0.2) is 0 Å². The van der Waals surface area contributed by atoms with E-state index in [2.05, 4.69) is 15.8 Å². The molecule has 0 saturated heterocycles. The highest BCUT2D eigenvalue weighted by Crippen LogP contribution is 2.28. The van der Waals surface area contributed by atoms with E-state index in [1.165, 1.54) is 0 Å². The maximum atomic E-state index is 9.44. The summed E-state index contributed by atoms with van der Waals surface area (Å²) in [6, 6.07) is 0. The molecule has 3 heteroatoms. The van der Waals surface area contributed by atoms with Crippen LogP contribution in [-0.2, 0) is 0 Å². The maximum Gasteiger partial charge on any atom is 0.0811 e. The van der Waals surface area contributed by atoms with Gasteiger partial charge >= 0.3 is 0 Å². The van der Waals surface area contributed by atoms with Crippen molar-refractivity contribution < 1.29 is 10.2 Å². The van der Waals surface area contributed by atoms with Crippen molar-refractivity contribution in [2.24, 2.45) is 0 Å². The number of aliphatic hydroxyl groups excluding tert-OH is 2. The normalized spacial score (nSPS) is 34.2. The molecule has 1 aliphatic rings. The van der Waals surface area contributed by atoms with Crippen LogP contribution < -0.4 is 0 Å². The van der Waals surface area contributed by atoms with Crippen molar-refractivity contribution in [1.82, 2.24) is 0 Å². The molecule has 0 aromatic heterocycles. The van der Waals surface area contributed by atoms with Crippen LogP contribution in [-0.4, -0.2) is 28.6 Å². The van der Waals surface area contributed by atoms with E-state index in [0.717, 1.165) is 17.3 Å². The third-order valence-corrected chi connectivity index (χ3v) is 2.37. The van der Waals surface area contributed by atoms with E-state index in [0.29, 0.717) is 12.8 Å². The van der Waals surface area contributed by atoms with E-state index in [-0.39, 0.29) is 0 Å². The Morgan fingerprint density at radius 2 is 2.25 bits per heavy atom. The minimum Gasteiger partial charge on any atom is -0.393 e. The molecular formula is C9H15O2P. The molecule has 12 heavy (non-hydrogen) atoms. The summed E-state index contributed by atoms with van der Waals surface area (Å²) in [5.74, 6) is 0. The standard InChI is InChI=1S/C9H15O2P/c1-6-7(2-3-12)4-8(10)5-9(6)11/h2,8-11H,1,3-5,12H2/b7-2-/t8-,9+/m1/s1. The zero-order valence-corrected chi connectivity index (χ0v) is 8.19. The van der Waals surface area contributed by atoms with Crippen LogP contribution in [0.5, 0.6) is 0 Å². The van der Waals surface area contributed by atoms with Crippen LogP contribution in [0.1, 0.15) is 12.8 Å². The lowest BCUT2D eigenvalue weighted by Gasteiger charge is -2.26. The number of hydrogen-bond donors (Lipinski definition) is 2. The summed E-state index contributed by atoms with van der Waals surface area (Å²) in [5, 5.41) is 18.8. The highest BCUT2D eigenvalue weighted by molar-refractivity contribution is 7.16. The predicted molar refractivity (Wildman–Crippen MR) is 53.0 cm³/mol. The molecule has 0 radical (unpaired) electrons. The molecule has 1 fully saturated rings. The number of rotatable bonds is 1. The van der Waals surface area contributed by atoms with Crippen LogP contribution >= 0.6 is 9.24 Å². The van der Waals surface area contributed by atoms with Gasteiger partial charge in [-0.05, 0) is 23.7 Å². The van der Waals surface area contributed by atoms with Gasteiger partial charge in [0, 0.05) is 6.42 Å². The lowest BCUT2D eigenvalue weighted by atomic mass is 9.86. The smallest absolute Gasteiger partial charge is 0.0811 e. The van der Waals surface area contributed by atoms with Crippen molar-refractivity contribution in [3.05, 3.63) is 23.8 Å². The fraction of sp³-hybridized carbons (Fsp3) is 0.556. The first-order chi connectivity index (χ1) is 5.65. The van der Waals surface area contributed by atoms with Crippen molar-refractivity contribution in [1.29, 1.82) is 0 Å². The summed E-state index contributed by atoms with van der Waals surface area (Å²) >= 11 is 0. The van der Waals surface area contributed by atoms with Gasteiger partial charge < -0.3 is 10.2 Å². The monoisotopic (exact) mass is 186 g/mol. The molecule has 0 spiro atoms. The Morgan fingerprint density at radius 3 is 2.83 bits per heavy atom. The molecule has 0 aromatic rings. The average Bonchev–Trinajstić information content (AvgIpc) is 2.00. The largest absolute Gasteiger partial charge is 0.393 e. The summed E-state index contributed by atoms with van der Waals surface area (Å²) in [5.41, 5.74) is 1.76. The first-order valence-electron chi connectivity index (χ1n) is 4.09. The second-order valence-corrected chi connectivity index (χ2v) is 3.57. The Hall–Kier alpha value is -0.170. The Balaban J connectivity index is 2.73. The fourth-order valence-electron chi connectivity index (χ4n) is 1.44. The Morgan fingerprint density at radius 1 is 1.58 bits per heavy atom. The maximum absolute atomic E-state index is 9.44. The lowest BCUT2D eigenvalue weighted by molar-refractivity contribution is 0.0862. The topological polar surface area (TPSA) is 40.5 Å². The minimum atomic E-state index is -0.559. The summed E-state index contributed by atoms with van der Waals surface area (Å²) in [4.78, 5) is 0. The first-order valence-corrected chi connectivity index (χ1v) is 4.91. The molecule has 2 nitrogen and oxygen atoms in total. The highest BCUT2D eigenvalue weighted by Gasteiger charge is 2.24. The van der Waals surface area contributed by atoms with Gasteiger partial charge in [0.25, 0.3) is 0 Å². The third kappa shape index (κ3) is 2.16. The second kappa shape index (κ2) is 4.18. The highest BCUT2D eigenvalue weighted by atomic mass is 31.0. The minimum absolute atomic E-state index is 0.409. The van der Waals surface area contributed by atoms with Crippen molar-refractivity contribution >= 4 is 9.24 Å². The van der Waals surface area contributed by atoms with Gasteiger partial charge in [-0.2, -0.15) is 0 Å². The molecule has 1 rings (SSSR count). The van der Waals surface area contributed by atoms with E-state index >= 15 is 0 Å². The van der Waals surface area contributed by atoms with Crippen molar-refractivity contribution in [3.63, 3.8) is 0 Å². The average molecular weight is 186 g/mol. The lowest BCUT2D eigenvalue weighted by Crippen LogP contribution is -2.27. The van der Waals surface area contributed by atoms with Gasteiger partial charge in [-0.15, -0.1) is 9.24 Å². The Labute approximate surface area is 75.2 Å². The molecule has 68 valence electrons. The number of hydrogen-bond acceptors (Lipinski definition) is 2. The van der Waals surface area contributed by atoms with Gasteiger partial charge in [0.1, 0.15) is 0 Å². The fourth-order valence-corrected chi connectivity index (χ4v) is 1.72. The Kier molecular flexibility index (Phi) is 3.45. The molecule has 1 saturated carbocycles. The van der Waals surface area contributed by atoms with E-state index in [4.69, 9.17) is 0 Å². The van der Waals surface area contributed by atoms with Gasteiger partial charge in [-0.3, -0.25) is 0 Å². The van der Waals surface area contributed by atoms with Gasteiger partial charge in [0.15, 0.2) is 0 Å². The number of allylic oxidation sites excluding steroid dienone is 1. The molecule has 3 atom stereocenters. The third-order valence-electron chi connectivity index (χ3n) is 2.13. The van der Waals surface area contributed by atoms with E-state index in [1.54, 1.807) is 0 Å². The molecule has 0 bridgehead atoms. The first kappa shape index (κ1) is 9.91. The molecular weight excluding hydrogens is 171 g/mol. The summed E-state index contributed by atoms with van der Waals surface area (Å²) in [7, 11) is 2.58. The van der Waals surface area contributed by atoms with Crippen LogP contribution in [0.4, 0.5) is 0 Å². The Bertz CT molecular complexity index is 211. The van der Waals surface area contributed by atoms with Crippen LogP contribution in [0.3, 0.4) is 0 Å². The van der Waals surface area contributed by atoms with Crippen LogP contribution in [0, 0.1) is 0 Å². The van der Waals surface area contributed by atoms with E-state index < -0.39 is 12.2 Å². The van der Waals surface area contributed by atoms with Gasteiger partial charge in [0.2, 0.25) is 0 Å². The SMILES string of the molecule is C=C1/C(=C\CP)C[C@@H](O)C[C@@H]1O. The molecule has 2 N–H and O–H groups in total. The molecule has 0 heterocycles. The molecule has 1 aliphatic carbocycles. The van der Waals surface area contributed by atoms with Crippen LogP contribution in [0.25, 0.3) is 0 Å². The van der Waals surface area contributed by atoms with Crippen molar-refractivity contribution in [3.8, 4) is 0 Å². The summed E-state index contributed by atoms with van der Waals surface area (Å²) in [6.07, 6.45) is 2.91. The van der Waals surface area contributed by atoms with E-state index in [1.807, 2.05) is 6.08 Å². The van der Waals surface area contributed by atoms with Gasteiger partial charge in [0.05, 0.1) is 12.2 Å². The summed E-state index contributed by atoms with van der Waals surface area (Å²) < 4.78 is 0. The quantitative estimate of drug-likeness (QED) is 0.596. The zero-order chi connectivity index (χ0) is 9.14. The van der Waals surface area contributed by atoms with E-state index in [9.17, 15) is 10.2 Å². The van der Waals surface area contributed by atoms with Crippen molar-refractivity contribution in [2.45, 2.75) is 25.0 Å². The zero-order valence-electron chi connectivity index (χ0n) is 7.03. The van der Waals surface area contributed by atoms with Crippen LogP contribution in [0.15, 0.2) is 23.8 Å². The molecule has 0 aromatic carbocycles. The summed E-state index contributed by atoms with van der Waals surface area (Å²) in [6.45, 7) is 3.79. The van der Waals surface area contributed by atoms with Crippen LogP contribution in [0.2, 0.25) is 0 Å².